The first-order valence-corrected chi connectivity index (χ1v) is 12.4. The molecule has 0 aromatic heterocycles. The zero-order valence-electron chi connectivity index (χ0n) is 19.6. The van der Waals surface area contributed by atoms with Gasteiger partial charge in [0.2, 0.25) is 0 Å². The molecule has 3 aliphatic rings. The number of ketones is 2. The lowest BCUT2D eigenvalue weighted by Gasteiger charge is -2.50. The third kappa shape index (κ3) is 5.05. The lowest BCUT2D eigenvalue weighted by atomic mass is 9.54. The number of allylic oxidation sites excluding steroid dienone is 2. The Morgan fingerprint density at radius 2 is 1.79 bits per heavy atom. The number of rotatable bonds is 5. The van der Waals surface area contributed by atoms with Crippen molar-refractivity contribution >= 4 is 11.6 Å². The standard InChI is InChI=1S/C27H44O2/c1-18(2)7-6-8-20(4)25-13-14-26-24-12-11-22(29)17-21(28)10-9-19(3)23(24)15-16-27(25,26)5/h9,18,20,23-26H,6-8,10-17H2,1-5H3/b19-9+/t20-,23-,24-,25-,26+,27-/m1/s1. The molecule has 29 heavy (non-hydrogen) atoms. The highest BCUT2D eigenvalue weighted by molar-refractivity contribution is 5.99. The lowest BCUT2D eigenvalue weighted by molar-refractivity contribution is -0.127. The van der Waals surface area contributed by atoms with E-state index in [1.807, 2.05) is 0 Å². The van der Waals surface area contributed by atoms with Crippen LogP contribution in [0, 0.1) is 40.9 Å². The summed E-state index contributed by atoms with van der Waals surface area (Å²) in [5.74, 6) is 4.72. The van der Waals surface area contributed by atoms with Crippen LogP contribution in [0.3, 0.4) is 0 Å². The molecule has 0 N–H and O–H groups in total. The van der Waals surface area contributed by atoms with Crippen LogP contribution >= 0.6 is 0 Å². The normalized spacial score (nSPS) is 38.9. The minimum atomic E-state index is 0.101. The highest BCUT2D eigenvalue weighted by atomic mass is 16.1. The molecular weight excluding hydrogens is 356 g/mol. The van der Waals surface area contributed by atoms with E-state index in [2.05, 4.69) is 40.7 Å². The van der Waals surface area contributed by atoms with Crippen LogP contribution in [-0.4, -0.2) is 11.6 Å². The summed E-state index contributed by atoms with van der Waals surface area (Å²) in [6, 6.07) is 0. The lowest BCUT2D eigenvalue weighted by Crippen LogP contribution is -2.43. The summed E-state index contributed by atoms with van der Waals surface area (Å²) in [6.07, 6.45) is 13.8. The summed E-state index contributed by atoms with van der Waals surface area (Å²) in [4.78, 5) is 24.4. The molecule has 0 amide bonds. The number of fused-ring (bicyclic) bond motifs is 3. The molecule has 0 aliphatic heterocycles. The van der Waals surface area contributed by atoms with Gasteiger partial charge in [-0.2, -0.15) is 0 Å². The molecule has 164 valence electrons. The number of carbonyl (C=O) groups excluding carboxylic acids is 2. The minimum Gasteiger partial charge on any atom is -0.299 e. The molecule has 2 nitrogen and oxygen atoms in total. The van der Waals surface area contributed by atoms with E-state index in [9.17, 15) is 9.59 Å². The number of Topliss-reactive ketones (excluding diaryl/α,β-unsaturated/α-hetero) is 2. The Hall–Kier alpha value is -0.920. The fourth-order valence-electron chi connectivity index (χ4n) is 7.41. The number of hydrogen-bond donors (Lipinski definition) is 0. The number of carbonyl (C=O) groups is 2. The summed E-state index contributed by atoms with van der Waals surface area (Å²) in [5.41, 5.74) is 1.87. The van der Waals surface area contributed by atoms with Crippen LogP contribution in [0.2, 0.25) is 0 Å². The van der Waals surface area contributed by atoms with E-state index in [0.29, 0.717) is 30.1 Å². The SMILES string of the molecule is C/C1=C\CC(=O)CC(=O)CC[C@@H]2[C@@H]1CC[C@]1(C)[C@@H]([C@H](C)CCCC(C)C)CC[C@@H]21. The van der Waals surface area contributed by atoms with Crippen LogP contribution < -0.4 is 0 Å². The molecule has 0 unspecified atom stereocenters. The first-order chi connectivity index (χ1) is 13.7. The summed E-state index contributed by atoms with van der Waals surface area (Å²) >= 11 is 0. The van der Waals surface area contributed by atoms with E-state index in [1.165, 1.54) is 50.5 Å². The van der Waals surface area contributed by atoms with Crippen LogP contribution in [0.25, 0.3) is 0 Å². The predicted octanol–water partition coefficient (Wildman–Crippen LogP) is 7.17. The second-order valence-corrected chi connectivity index (χ2v) is 11.4. The molecule has 0 aromatic carbocycles. The van der Waals surface area contributed by atoms with E-state index in [0.717, 1.165) is 30.1 Å². The van der Waals surface area contributed by atoms with Gasteiger partial charge in [0, 0.05) is 12.8 Å². The minimum absolute atomic E-state index is 0.101. The Kier molecular flexibility index (Phi) is 7.44. The average molecular weight is 401 g/mol. The van der Waals surface area contributed by atoms with Crippen LogP contribution in [0.1, 0.15) is 105 Å². The Morgan fingerprint density at radius 1 is 1.03 bits per heavy atom. The Balaban J connectivity index is 1.76. The first-order valence-electron chi connectivity index (χ1n) is 12.4. The maximum atomic E-state index is 12.3. The van der Waals surface area contributed by atoms with Crippen molar-refractivity contribution in [2.24, 2.45) is 40.9 Å². The maximum absolute atomic E-state index is 12.3. The van der Waals surface area contributed by atoms with Crippen molar-refractivity contribution < 1.29 is 9.59 Å². The van der Waals surface area contributed by atoms with Crippen LogP contribution in [-0.2, 0) is 9.59 Å². The van der Waals surface area contributed by atoms with Gasteiger partial charge in [0.25, 0.3) is 0 Å². The first kappa shape index (κ1) is 22.8. The molecule has 0 aromatic rings. The van der Waals surface area contributed by atoms with Crippen molar-refractivity contribution in [2.45, 2.75) is 105 Å². The summed E-state index contributed by atoms with van der Waals surface area (Å²) in [5, 5.41) is 0. The van der Waals surface area contributed by atoms with Crippen molar-refractivity contribution in [3.63, 3.8) is 0 Å². The van der Waals surface area contributed by atoms with Gasteiger partial charge in [0.15, 0.2) is 0 Å². The fourth-order valence-corrected chi connectivity index (χ4v) is 7.41. The van der Waals surface area contributed by atoms with Crippen LogP contribution in [0.5, 0.6) is 0 Å². The van der Waals surface area contributed by atoms with Gasteiger partial charge in [-0.3, -0.25) is 9.59 Å². The monoisotopic (exact) mass is 400 g/mol. The van der Waals surface area contributed by atoms with E-state index in [-0.39, 0.29) is 18.0 Å². The Bertz CT molecular complexity index is 630. The van der Waals surface area contributed by atoms with Crippen molar-refractivity contribution in [3.8, 4) is 0 Å². The molecular formula is C27H44O2. The summed E-state index contributed by atoms with van der Waals surface area (Å²) < 4.78 is 0. The smallest absolute Gasteiger partial charge is 0.144 e. The van der Waals surface area contributed by atoms with Gasteiger partial charge in [-0.15, -0.1) is 0 Å². The summed E-state index contributed by atoms with van der Waals surface area (Å²) in [6.45, 7) is 12.0. The van der Waals surface area contributed by atoms with Gasteiger partial charge < -0.3 is 0 Å². The third-order valence-electron chi connectivity index (χ3n) is 9.03. The topological polar surface area (TPSA) is 34.1 Å². The largest absolute Gasteiger partial charge is 0.299 e. The van der Waals surface area contributed by atoms with Crippen LogP contribution in [0.4, 0.5) is 0 Å². The van der Waals surface area contributed by atoms with Gasteiger partial charge in [0.1, 0.15) is 11.6 Å². The van der Waals surface area contributed by atoms with Gasteiger partial charge >= 0.3 is 0 Å². The second-order valence-electron chi connectivity index (χ2n) is 11.4. The molecule has 0 heterocycles. The van der Waals surface area contributed by atoms with Crippen molar-refractivity contribution in [3.05, 3.63) is 11.6 Å². The zero-order valence-corrected chi connectivity index (χ0v) is 19.6. The van der Waals surface area contributed by atoms with E-state index >= 15 is 0 Å². The highest BCUT2D eigenvalue weighted by Crippen LogP contribution is 2.62. The van der Waals surface area contributed by atoms with Crippen molar-refractivity contribution in [1.29, 1.82) is 0 Å². The van der Waals surface area contributed by atoms with E-state index in [4.69, 9.17) is 0 Å². The molecule has 3 rings (SSSR count). The molecule has 0 bridgehead atoms. The van der Waals surface area contributed by atoms with Crippen LogP contribution in [0.15, 0.2) is 11.6 Å². The highest BCUT2D eigenvalue weighted by Gasteiger charge is 2.54. The van der Waals surface area contributed by atoms with Crippen molar-refractivity contribution in [1.82, 2.24) is 0 Å². The Labute approximate surface area is 179 Å². The molecule has 0 radical (unpaired) electrons. The van der Waals surface area contributed by atoms with Gasteiger partial charge in [-0.1, -0.05) is 58.6 Å². The molecule has 2 fully saturated rings. The fraction of sp³-hybridized carbons (Fsp3) is 0.852. The van der Waals surface area contributed by atoms with Crippen molar-refractivity contribution in [2.75, 3.05) is 0 Å². The van der Waals surface area contributed by atoms with Gasteiger partial charge in [0.05, 0.1) is 6.42 Å². The zero-order chi connectivity index (χ0) is 21.2. The maximum Gasteiger partial charge on any atom is 0.144 e. The number of hydrogen-bond acceptors (Lipinski definition) is 2. The average Bonchev–Trinajstić information content (AvgIpc) is 3.00. The van der Waals surface area contributed by atoms with E-state index < -0.39 is 0 Å². The molecule has 2 heteroatoms. The molecule has 3 aliphatic carbocycles. The van der Waals surface area contributed by atoms with Gasteiger partial charge in [-0.25, -0.2) is 0 Å². The molecule has 0 spiro atoms. The molecule has 2 saturated carbocycles. The summed E-state index contributed by atoms with van der Waals surface area (Å²) in [7, 11) is 0. The van der Waals surface area contributed by atoms with E-state index in [1.54, 1.807) is 0 Å². The quantitative estimate of drug-likeness (QED) is 0.362. The second kappa shape index (κ2) is 9.48. The van der Waals surface area contributed by atoms with Gasteiger partial charge in [-0.05, 0) is 80.0 Å². The third-order valence-corrected chi connectivity index (χ3v) is 9.03. The molecule has 6 atom stereocenters. The predicted molar refractivity (Wildman–Crippen MR) is 121 cm³/mol. The molecule has 0 saturated heterocycles. The Morgan fingerprint density at radius 3 is 2.52 bits per heavy atom.